The van der Waals surface area contributed by atoms with Crippen LogP contribution in [0.4, 0.5) is 0 Å². The molecule has 4 heteroatoms. The van der Waals surface area contributed by atoms with Crippen LogP contribution in [0.25, 0.3) is 0 Å². The van der Waals surface area contributed by atoms with Gasteiger partial charge >= 0.3 is 5.97 Å². The Morgan fingerprint density at radius 3 is 2.76 bits per heavy atom. The van der Waals surface area contributed by atoms with Crippen LogP contribution < -0.4 is 5.32 Å². The summed E-state index contributed by atoms with van der Waals surface area (Å²) in [7, 11) is 0. The average molecular weight is 242 g/mol. The summed E-state index contributed by atoms with van der Waals surface area (Å²) in [6.45, 7) is 11.6. The maximum Gasteiger partial charge on any atom is 0.304 e. The van der Waals surface area contributed by atoms with Crippen molar-refractivity contribution in [1.29, 1.82) is 0 Å². The highest BCUT2D eigenvalue weighted by molar-refractivity contribution is 5.67. The first-order valence-corrected chi connectivity index (χ1v) is 6.53. The zero-order valence-electron chi connectivity index (χ0n) is 11.5. The van der Waals surface area contributed by atoms with Crippen LogP contribution in [-0.2, 0) is 4.79 Å². The Labute approximate surface area is 104 Å². The Hall–Kier alpha value is -0.610. The van der Waals surface area contributed by atoms with Gasteiger partial charge in [-0.15, -0.1) is 0 Å². The predicted molar refractivity (Wildman–Crippen MR) is 69.2 cm³/mol. The first-order chi connectivity index (χ1) is 7.84. The van der Waals surface area contributed by atoms with Crippen LogP contribution in [0.1, 0.15) is 40.5 Å². The number of carboxylic acid groups (broad SMARTS) is 1. The van der Waals surface area contributed by atoms with Crippen molar-refractivity contribution in [2.75, 3.05) is 19.6 Å². The van der Waals surface area contributed by atoms with Gasteiger partial charge in [-0.1, -0.05) is 20.8 Å². The van der Waals surface area contributed by atoms with Crippen molar-refractivity contribution in [3.8, 4) is 0 Å². The minimum atomic E-state index is -0.716. The van der Waals surface area contributed by atoms with Crippen molar-refractivity contribution in [3.63, 3.8) is 0 Å². The van der Waals surface area contributed by atoms with Gasteiger partial charge < -0.3 is 10.4 Å². The number of nitrogens with one attached hydrogen (secondary N) is 1. The largest absolute Gasteiger partial charge is 0.481 e. The van der Waals surface area contributed by atoms with Gasteiger partial charge in [-0.05, 0) is 18.8 Å². The third kappa shape index (κ3) is 4.64. The van der Waals surface area contributed by atoms with E-state index in [0.29, 0.717) is 6.04 Å². The van der Waals surface area contributed by atoms with Crippen LogP contribution in [0.3, 0.4) is 0 Å². The lowest BCUT2D eigenvalue weighted by Crippen LogP contribution is -2.42. The van der Waals surface area contributed by atoms with Gasteiger partial charge in [0.15, 0.2) is 0 Å². The summed E-state index contributed by atoms with van der Waals surface area (Å²) in [6, 6.07) is 0.591. The molecule has 0 aromatic carbocycles. The van der Waals surface area contributed by atoms with Crippen LogP contribution >= 0.6 is 0 Å². The van der Waals surface area contributed by atoms with Gasteiger partial charge in [0, 0.05) is 31.7 Å². The van der Waals surface area contributed by atoms with E-state index >= 15 is 0 Å². The molecule has 2 N–H and O–H groups in total. The summed E-state index contributed by atoms with van der Waals surface area (Å²) in [5.41, 5.74) is 0.205. The molecule has 0 radical (unpaired) electrons. The molecule has 1 aliphatic heterocycles. The number of nitrogens with zero attached hydrogens (tertiary/aromatic N) is 1. The van der Waals surface area contributed by atoms with Gasteiger partial charge in [-0.3, -0.25) is 9.69 Å². The number of hydrogen-bond donors (Lipinski definition) is 2. The lowest BCUT2D eigenvalue weighted by atomic mass is 9.92. The fraction of sp³-hybridized carbons (Fsp3) is 0.923. The van der Waals surface area contributed by atoms with Crippen LogP contribution in [-0.4, -0.2) is 47.7 Å². The molecule has 17 heavy (non-hydrogen) atoms. The molecule has 2 unspecified atom stereocenters. The molecule has 0 aromatic rings. The smallest absolute Gasteiger partial charge is 0.304 e. The highest BCUT2D eigenvalue weighted by Gasteiger charge is 2.31. The van der Waals surface area contributed by atoms with Crippen molar-refractivity contribution in [3.05, 3.63) is 0 Å². The van der Waals surface area contributed by atoms with E-state index < -0.39 is 5.97 Å². The second-order valence-electron chi connectivity index (χ2n) is 6.03. The molecule has 1 fully saturated rings. The summed E-state index contributed by atoms with van der Waals surface area (Å²) >= 11 is 0. The van der Waals surface area contributed by atoms with Crippen LogP contribution in [0.5, 0.6) is 0 Å². The van der Waals surface area contributed by atoms with Gasteiger partial charge in [0.1, 0.15) is 0 Å². The van der Waals surface area contributed by atoms with Crippen molar-refractivity contribution in [2.45, 2.75) is 52.6 Å². The van der Waals surface area contributed by atoms with Crippen LogP contribution in [0, 0.1) is 5.41 Å². The van der Waals surface area contributed by atoms with Gasteiger partial charge in [0.05, 0.1) is 6.42 Å². The minimum absolute atomic E-state index is 0.0725. The van der Waals surface area contributed by atoms with Gasteiger partial charge in [-0.2, -0.15) is 0 Å². The molecule has 1 saturated heterocycles. The second-order valence-corrected chi connectivity index (χ2v) is 6.03. The van der Waals surface area contributed by atoms with Crippen molar-refractivity contribution in [1.82, 2.24) is 10.2 Å². The molecular formula is C13H26N2O2. The summed E-state index contributed by atoms with van der Waals surface area (Å²) in [6.07, 6.45) is 1.32. The van der Waals surface area contributed by atoms with E-state index in [4.69, 9.17) is 5.11 Å². The van der Waals surface area contributed by atoms with Crippen molar-refractivity contribution < 1.29 is 9.90 Å². The summed E-state index contributed by atoms with van der Waals surface area (Å²) in [5.74, 6) is -0.716. The Balaban J connectivity index is 2.71. The lowest BCUT2D eigenvalue weighted by Gasteiger charge is -2.33. The number of rotatable bonds is 4. The normalized spacial score (nSPS) is 27.4. The average Bonchev–Trinajstić information content (AvgIpc) is 2.36. The first-order valence-electron chi connectivity index (χ1n) is 6.53. The van der Waals surface area contributed by atoms with Crippen molar-refractivity contribution >= 4 is 5.97 Å². The number of hydrogen-bond acceptors (Lipinski definition) is 3. The third-order valence-corrected chi connectivity index (χ3v) is 3.59. The third-order valence-electron chi connectivity index (χ3n) is 3.59. The molecule has 4 nitrogen and oxygen atoms in total. The van der Waals surface area contributed by atoms with E-state index in [1.807, 2.05) is 0 Å². The summed E-state index contributed by atoms with van der Waals surface area (Å²) < 4.78 is 0. The second kappa shape index (κ2) is 5.83. The fourth-order valence-corrected chi connectivity index (χ4v) is 2.38. The SMILES string of the molecule is CCC(C)N1CC(CC(=O)O)NCC(C)(C)C1. The molecule has 100 valence electrons. The Kier molecular flexibility index (Phi) is 4.95. The van der Waals surface area contributed by atoms with Crippen LogP contribution in [0.2, 0.25) is 0 Å². The molecular weight excluding hydrogens is 216 g/mol. The first kappa shape index (κ1) is 14.5. The minimum Gasteiger partial charge on any atom is -0.481 e. The molecule has 0 aliphatic carbocycles. The van der Waals surface area contributed by atoms with Gasteiger partial charge in [-0.25, -0.2) is 0 Å². The molecule has 1 heterocycles. The molecule has 0 spiro atoms. The van der Waals surface area contributed by atoms with E-state index in [1.54, 1.807) is 0 Å². The molecule has 2 atom stereocenters. The zero-order chi connectivity index (χ0) is 13.1. The number of aliphatic carboxylic acids is 1. The van der Waals surface area contributed by atoms with E-state index in [9.17, 15) is 4.79 Å². The standard InChI is InChI=1S/C13H26N2O2/c1-5-10(2)15-7-11(6-12(16)17)14-8-13(3,4)9-15/h10-11,14H,5-9H2,1-4H3,(H,16,17). The number of carboxylic acids is 1. The predicted octanol–water partition coefficient (Wildman–Crippen LogP) is 1.56. The maximum absolute atomic E-state index is 10.8. The summed E-state index contributed by atoms with van der Waals surface area (Å²) in [5, 5.41) is 12.3. The van der Waals surface area contributed by atoms with E-state index in [-0.39, 0.29) is 17.9 Å². The Bertz CT molecular complexity index is 266. The van der Waals surface area contributed by atoms with E-state index in [2.05, 4.69) is 37.9 Å². The van der Waals surface area contributed by atoms with E-state index in [0.717, 1.165) is 26.1 Å². The molecule has 0 amide bonds. The Morgan fingerprint density at radius 2 is 2.24 bits per heavy atom. The highest BCUT2D eigenvalue weighted by Crippen LogP contribution is 2.22. The molecule has 1 aliphatic rings. The van der Waals surface area contributed by atoms with Gasteiger partial charge in [0.25, 0.3) is 0 Å². The topological polar surface area (TPSA) is 52.6 Å². The molecule has 0 bridgehead atoms. The van der Waals surface area contributed by atoms with Crippen LogP contribution in [0.15, 0.2) is 0 Å². The monoisotopic (exact) mass is 242 g/mol. The molecule has 1 rings (SSSR count). The Morgan fingerprint density at radius 1 is 1.59 bits per heavy atom. The molecule has 0 aromatic heterocycles. The number of carbonyl (C=O) groups is 1. The summed E-state index contributed by atoms with van der Waals surface area (Å²) in [4.78, 5) is 13.3. The fourth-order valence-electron chi connectivity index (χ4n) is 2.38. The van der Waals surface area contributed by atoms with E-state index in [1.165, 1.54) is 0 Å². The highest BCUT2D eigenvalue weighted by atomic mass is 16.4. The zero-order valence-corrected chi connectivity index (χ0v) is 11.5. The van der Waals surface area contributed by atoms with Gasteiger partial charge in [0.2, 0.25) is 0 Å². The van der Waals surface area contributed by atoms with Crippen molar-refractivity contribution in [2.24, 2.45) is 5.41 Å². The molecule has 0 saturated carbocycles. The quantitative estimate of drug-likeness (QED) is 0.785. The lowest BCUT2D eigenvalue weighted by molar-refractivity contribution is -0.137. The maximum atomic E-state index is 10.8.